The van der Waals surface area contributed by atoms with Crippen LogP contribution in [0.4, 0.5) is 11.4 Å². The van der Waals surface area contributed by atoms with E-state index in [0.29, 0.717) is 11.4 Å². The van der Waals surface area contributed by atoms with Gasteiger partial charge in [0.15, 0.2) is 0 Å². The number of nitrogens with one attached hydrogen (secondary N) is 1. The zero-order valence-electron chi connectivity index (χ0n) is 17.4. The molecule has 4 rings (SSSR count). The van der Waals surface area contributed by atoms with Gasteiger partial charge in [-0.2, -0.15) is 0 Å². The minimum atomic E-state index is -0.602. The number of carbonyl (C=O) groups is 2. The summed E-state index contributed by atoms with van der Waals surface area (Å²) < 4.78 is 0. The topological polar surface area (TPSA) is 61.8 Å². The maximum absolute atomic E-state index is 13.2. The van der Waals surface area contributed by atoms with Crippen LogP contribution in [0, 0.1) is 0 Å². The van der Waals surface area contributed by atoms with Crippen molar-refractivity contribution in [3.8, 4) is 0 Å². The maximum atomic E-state index is 13.2. The molecule has 6 heteroatoms. The van der Waals surface area contributed by atoms with E-state index in [1.165, 1.54) is 4.90 Å². The number of fused-ring (bicyclic) bond motifs is 1. The fourth-order valence-electron chi connectivity index (χ4n) is 3.61. The van der Waals surface area contributed by atoms with Crippen molar-refractivity contribution in [3.05, 3.63) is 90.0 Å². The van der Waals surface area contributed by atoms with Crippen molar-refractivity contribution >= 4 is 40.7 Å². The van der Waals surface area contributed by atoms with Crippen LogP contribution in [0.2, 0.25) is 0 Å². The van der Waals surface area contributed by atoms with Gasteiger partial charge < -0.3 is 10.2 Å². The summed E-state index contributed by atoms with van der Waals surface area (Å²) in [6.45, 7) is 1.69. The molecule has 156 valence electrons. The Labute approximate surface area is 186 Å². The van der Waals surface area contributed by atoms with Gasteiger partial charge >= 0.3 is 0 Å². The number of benzene rings is 3. The molecule has 1 aliphatic heterocycles. The highest BCUT2D eigenvalue weighted by atomic mass is 32.2. The molecule has 1 heterocycles. The molecule has 3 aromatic carbocycles. The number of nitrogens with zero attached hydrogens (tertiary/aromatic N) is 2. The van der Waals surface area contributed by atoms with Gasteiger partial charge in [-0.25, -0.2) is 0 Å². The molecule has 0 aromatic heterocycles. The van der Waals surface area contributed by atoms with Gasteiger partial charge in [0.1, 0.15) is 12.6 Å². The molecule has 3 aromatic rings. The zero-order chi connectivity index (χ0) is 21.8. The highest BCUT2D eigenvalue weighted by Gasteiger charge is 2.30. The van der Waals surface area contributed by atoms with Crippen LogP contribution in [0.1, 0.15) is 18.1 Å². The van der Waals surface area contributed by atoms with Crippen LogP contribution >= 0.6 is 11.8 Å². The Kier molecular flexibility index (Phi) is 6.18. The first-order valence-electron chi connectivity index (χ1n) is 10.0. The van der Waals surface area contributed by atoms with Gasteiger partial charge in [-0.1, -0.05) is 54.6 Å². The van der Waals surface area contributed by atoms with E-state index in [9.17, 15) is 9.59 Å². The molecule has 1 aliphatic rings. The first kappa shape index (κ1) is 20.9. The number of anilines is 2. The summed E-state index contributed by atoms with van der Waals surface area (Å²) in [7, 11) is 0. The fourth-order valence-corrected chi connectivity index (χ4v) is 4.07. The maximum Gasteiger partial charge on any atom is 0.252 e. The van der Waals surface area contributed by atoms with E-state index in [1.54, 1.807) is 18.7 Å². The Balaban J connectivity index is 1.66. The Morgan fingerprint density at radius 1 is 1.03 bits per heavy atom. The van der Waals surface area contributed by atoms with E-state index < -0.39 is 6.04 Å². The molecule has 1 N–H and O–H groups in total. The summed E-state index contributed by atoms with van der Waals surface area (Å²) >= 11 is 1.61. The molecular formula is C25H23N3O2S. The van der Waals surface area contributed by atoms with E-state index in [-0.39, 0.29) is 18.4 Å². The first-order valence-corrected chi connectivity index (χ1v) is 11.3. The largest absolute Gasteiger partial charge is 0.324 e. The molecule has 0 bridgehead atoms. The fraction of sp³-hybridized carbons (Fsp3) is 0.160. The summed E-state index contributed by atoms with van der Waals surface area (Å²) in [5, 5.41) is 2.91. The van der Waals surface area contributed by atoms with Gasteiger partial charge in [-0.15, -0.1) is 11.8 Å². The zero-order valence-corrected chi connectivity index (χ0v) is 18.2. The standard InChI is InChI=1S/C25H23N3O2S/c1-17-25(30)28(16-23(29)27-19-11-8-12-20(15-19)31-2)22-14-7-6-13-21(22)24(26-17)18-9-4-3-5-10-18/h3-15,17H,16H2,1-2H3,(H,27,29)/t17-/m0/s1. The average molecular weight is 430 g/mol. The normalized spacial score (nSPS) is 15.7. The van der Waals surface area contributed by atoms with Crippen molar-refractivity contribution in [2.75, 3.05) is 23.0 Å². The van der Waals surface area contributed by atoms with Crippen LogP contribution in [0.25, 0.3) is 0 Å². The van der Waals surface area contributed by atoms with Gasteiger partial charge in [0.05, 0.1) is 11.4 Å². The van der Waals surface area contributed by atoms with Gasteiger partial charge in [-0.05, 0) is 37.4 Å². The number of hydrogen-bond donors (Lipinski definition) is 1. The summed E-state index contributed by atoms with van der Waals surface area (Å²) in [5.41, 5.74) is 3.93. The van der Waals surface area contributed by atoms with Crippen molar-refractivity contribution < 1.29 is 9.59 Å². The third-order valence-corrected chi connectivity index (χ3v) is 5.82. The van der Waals surface area contributed by atoms with Crippen molar-refractivity contribution in [3.63, 3.8) is 0 Å². The average Bonchev–Trinajstić information content (AvgIpc) is 2.90. The van der Waals surface area contributed by atoms with E-state index in [1.807, 2.05) is 85.1 Å². The molecular weight excluding hydrogens is 406 g/mol. The number of thioether (sulfide) groups is 1. The quantitative estimate of drug-likeness (QED) is 0.602. The number of para-hydroxylation sites is 1. The molecule has 0 spiro atoms. The summed E-state index contributed by atoms with van der Waals surface area (Å²) in [4.78, 5) is 33.4. The number of hydrogen-bond acceptors (Lipinski definition) is 4. The predicted octanol–water partition coefficient (Wildman–Crippen LogP) is 4.62. The SMILES string of the molecule is CSc1cccc(NC(=O)CN2C(=O)[C@H](C)N=C(c3ccccc3)c3ccccc32)c1. The highest BCUT2D eigenvalue weighted by Crippen LogP contribution is 2.28. The first-order chi connectivity index (χ1) is 15.1. The second-order valence-corrected chi connectivity index (χ2v) is 8.12. The van der Waals surface area contributed by atoms with Crippen LogP contribution in [0.3, 0.4) is 0 Å². The lowest BCUT2D eigenvalue weighted by Gasteiger charge is -2.24. The third-order valence-electron chi connectivity index (χ3n) is 5.10. The molecule has 1 atom stereocenters. The molecule has 0 saturated carbocycles. The molecule has 0 aliphatic carbocycles. The molecule has 31 heavy (non-hydrogen) atoms. The van der Waals surface area contributed by atoms with Gasteiger partial charge in [-0.3, -0.25) is 14.6 Å². The van der Waals surface area contributed by atoms with Crippen LogP contribution in [-0.2, 0) is 9.59 Å². The molecule has 5 nitrogen and oxygen atoms in total. The minimum Gasteiger partial charge on any atom is -0.324 e. The number of rotatable bonds is 5. The van der Waals surface area contributed by atoms with E-state index >= 15 is 0 Å². The molecule has 2 amide bonds. The van der Waals surface area contributed by atoms with Crippen LogP contribution in [-0.4, -0.2) is 36.4 Å². The molecule has 0 saturated heterocycles. The summed E-state index contributed by atoms with van der Waals surface area (Å²) in [6, 6.07) is 24.5. The van der Waals surface area contributed by atoms with Crippen LogP contribution in [0.5, 0.6) is 0 Å². The Morgan fingerprint density at radius 3 is 2.55 bits per heavy atom. The van der Waals surface area contributed by atoms with Crippen LogP contribution < -0.4 is 10.2 Å². The number of benzodiazepines with no additional fused rings is 1. The second-order valence-electron chi connectivity index (χ2n) is 7.24. The lowest BCUT2D eigenvalue weighted by Crippen LogP contribution is -2.42. The summed E-state index contributed by atoms with van der Waals surface area (Å²) in [5.74, 6) is -0.455. The molecule has 0 radical (unpaired) electrons. The predicted molar refractivity (Wildman–Crippen MR) is 127 cm³/mol. The van der Waals surface area contributed by atoms with Crippen LogP contribution in [0.15, 0.2) is 88.8 Å². The van der Waals surface area contributed by atoms with E-state index in [4.69, 9.17) is 4.99 Å². The number of amides is 2. The number of carbonyl (C=O) groups excluding carboxylic acids is 2. The van der Waals surface area contributed by atoms with Crippen molar-refractivity contribution in [2.45, 2.75) is 17.9 Å². The van der Waals surface area contributed by atoms with Gasteiger partial charge in [0.2, 0.25) is 5.91 Å². The van der Waals surface area contributed by atoms with Gasteiger partial charge in [0, 0.05) is 21.7 Å². The Bertz CT molecular complexity index is 1140. The smallest absolute Gasteiger partial charge is 0.252 e. The van der Waals surface area contributed by atoms with Gasteiger partial charge in [0.25, 0.3) is 5.91 Å². The minimum absolute atomic E-state index is 0.0821. The lowest BCUT2D eigenvalue weighted by molar-refractivity contribution is -0.122. The molecule has 0 unspecified atom stereocenters. The van der Waals surface area contributed by atoms with Crippen molar-refractivity contribution in [1.29, 1.82) is 0 Å². The third kappa shape index (κ3) is 4.54. The number of aliphatic imine (C=N–C) groups is 1. The van der Waals surface area contributed by atoms with Crippen molar-refractivity contribution in [2.24, 2.45) is 4.99 Å². The highest BCUT2D eigenvalue weighted by molar-refractivity contribution is 7.98. The second kappa shape index (κ2) is 9.18. The molecule has 0 fully saturated rings. The van der Waals surface area contributed by atoms with E-state index in [0.717, 1.165) is 21.7 Å². The van der Waals surface area contributed by atoms with E-state index in [2.05, 4.69) is 5.32 Å². The monoisotopic (exact) mass is 429 g/mol. The Hall–Kier alpha value is -3.38. The lowest BCUT2D eigenvalue weighted by atomic mass is 10.0. The summed E-state index contributed by atoms with van der Waals surface area (Å²) in [6.07, 6.45) is 1.99. The van der Waals surface area contributed by atoms with Crippen molar-refractivity contribution in [1.82, 2.24) is 0 Å². The Morgan fingerprint density at radius 2 is 1.77 bits per heavy atom.